The van der Waals surface area contributed by atoms with Crippen molar-refractivity contribution in [1.29, 1.82) is 0 Å². The van der Waals surface area contributed by atoms with Crippen molar-refractivity contribution in [3.8, 4) is 0 Å². The minimum Gasteiger partial charge on any atom is -0.370 e. The van der Waals surface area contributed by atoms with Gasteiger partial charge in [0.2, 0.25) is 0 Å². The van der Waals surface area contributed by atoms with Crippen molar-refractivity contribution >= 4 is 21.4 Å². The highest BCUT2D eigenvalue weighted by molar-refractivity contribution is 7.77. The highest BCUT2D eigenvalue weighted by atomic mass is 31.1. The van der Waals surface area contributed by atoms with Gasteiger partial charge >= 0.3 is 0 Å². The van der Waals surface area contributed by atoms with Crippen molar-refractivity contribution in [2.24, 2.45) is 23.2 Å². The van der Waals surface area contributed by atoms with Crippen LogP contribution in [0.25, 0.3) is 0 Å². The lowest BCUT2D eigenvalue weighted by molar-refractivity contribution is -0.186. The van der Waals surface area contributed by atoms with Gasteiger partial charge in [0.25, 0.3) is 0 Å². The molecule has 0 aromatic rings. The fourth-order valence-electron chi connectivity index (χ4n) is 5.05. The van der Waals surface area contributed by atoms with Crippen LogP contribution in [0.1, 0.15) is 100 Å². The Kier molecular flexibility index (Phi) is 13.8. The van der Waals surface area contributed by atoms with Gasteiger partial charge in [-0.15, -0.1) is 6.58 Å². The van der Waals surface area contributed by atoms with Crippen molar-refractivity contribution in [3.05, 3.63) is 36.5 Å². The summed E-state index contributed by atoms with van der Waals surface area (Å²) < 4.78 is 13.2. The molecule has 198 valence electrons. The Labute approximate surface area is 219 Å². The Morgan fingerprint density at radius 1 is 1.31 bits per heavy atom. The van der Waals surface area contributed by atoms with Crippen LogP contribution in [0.15, 0.2) is 36.5 Å². The molecule has 1 saturated heterocycles. The molecule has 0 amide bonds. The van der Waals surface area contributed by atoms with Gasteiger partial charge in [-0.05, 0) is 66.1 Å². The van der Waals surface area contributed by atoms with Gasteiger partial charge in [0.15, 0.2) is 0 Å². The normalized spacial score (nSPS) is 26.5. The van der Waals surface area contributed by atoms with Crippen LogP contribution in [0.5, 0.6) is 0 Å². The van der Waals surface area contributed by atoms with Crippen molar-refractivity contribution in [3.63, 3.8) is 0 Å². The van der Waals surface area contributed by atoms with E-state index >= 15 is 0 Å². The Bertz CT molecular complexity index is 725. The zero-order valence-electron chi connectivity index (χ0n) is 24.1. The summed E-state index contributed by atoms with van der Waals surface area (Å²) >= 11 is 0. The lowest BCUT2D eigenvalue weighted by Crippen LogP contribution is -2.56. The fraction of sp³-hybridized carbons (Fsp3) is 0.767. The summed E-state index contributed by atoms with van der Waals surface area (Å²) in [6.45, 7) is 23.3. The molecular formula is C30H52BO3P. The maximum atomic E-state index is 13.1. The van der Waals surface area contributed by atoms with Crippen LogP contribution in [0, 0.1) is 23.2 Å². The first-order valence-corrected chi connectivity index (χ1v) is 15.3. The number of hydrogen-bond donors (Lipinski definition) is 0. The SMILES string of the molecule is [B]P(C)O[C@H](C[C@@H]1C/C(=C\C)[C@H](CC(=O)CCCCC=C)[C@](C)(C(C)(C)/C=C/C(C)C)O1)C(C)C. The van der Waals surface area contributed by atoms with E-state index in [0.717, 1.165) is 32.1 Å². The van der Waals surface area contributed by atoms with E-state index < -0.39 is 13.6 Å². The number of allylic oxidation sites excluding steroid dienone is 3. The second-order valence-electron chi connectivity index (χ2n) is 11.7. The van der Waals surface area contributed by atoms with Crippen molar-refractivity contribution in [2.75, 3.05) is 6.66 Å². The summed E-state index contributed by atoms with van der Waals surface area (Å²) in [6.07, 6.45) is 14.5. The average Bonchev–Trinajstić information content (AvgIpc) is 2.76. The van der Waals surface area contributed by atoms with Gasteiger partial charge < -0.3 is 9.26 Å². The second-order valence-corrected chi connectivity index (χ2v) is 13.0. The average molecular weight is 503 g/mol. The topological polar surface area (TPSA) is 35.5 Å². The van der Waals surface area contributed by atoms with Gasteiger partial charge in [0, 0.05) is 30.6 Å². The van der Waals surface area contributed by atoms with E-state index in [1.165, 1.54) is 5.57 Å². The van der Waals surface area contributed by atoms with Gasteiger partial charge in [-0.3, -0.25) is 4.79 Å². The Balaban J connectivity index is 3.30. The molecule has 0 aromatic carbocycles. The molecule has 0 aromatic heterocycles. The zero-order valence-corrected chi connectivity index (χ0v) is 25.0. The van der Waals surface area contributed by atoms with Gasteiger partial charge in [-0.25, -0.2) is 0 Å². The van der Waals surface area contributed by atoms with E-state index in [1.54, 1.807) is 0 Å². The summed E-state index contributed by atoms with van der Waals surface area (Å²) in [5.74, 6) is 1.20. The molecule has 5 atom stereocenters. The molecule has 1 heterocycles. The Hall–Kier alpha value is -0.695. The first-order valence-electron chi connectivity index (χ1n) is 13.6. The highest BCUT2D eigenvalue weighted by Crippen LogP contribution is 2.51. The predicted octanol–water partition coefficient (Wildman–Crippen LogP) is 8.58. The van der Waals surface area contributed by atoms with Crippen LogP contribution in [0.4, 0.5) is 0 Å². The molecule has 0 bridgehead atoms. The van der Waals surface area contributed by atoms with Crippen LogP contribution in [-0.2, 0) is 14.1 Å². The molecule has 1 aliphatic heterocycles. The highest BCUT2D eigenvalue weighted by Gasteiger charge is 2.52. The maximum Gasteiger partial charge on any atom is 0.148 e. The standard InChI is InChI=1S/C30H52BO3P/c1-11-13-14-15-16-25(32)20-27-24(12-2)19-26(21-28(23(5)6)34-35(10)31)33-30(27,9)29(7,8)18-17-22(3)4/h11-12,17-18,22-23,26-28H,1,13-16,19-21H2,2-10H3/b18-17+,24-12+/t26-,27-,28+,30+,35?/m0/s1. The van der Waals surface area contributed by atoms with Crippen LogP contribution >= 0.6 is 8.03 Å². The molecule has 1 fully saturated rings. The molecule has 0 saturated carbocycles. The third-order valence-electron chi connectivity index (χ3n) is 7.62. The molecule has 35 heavy (non-hydrogen) atoms. The number of ether oxygens (including phenoxy) is 1. The number of rotatable bonds is 15. The number of Topliss-reactive ketones (excluding diaryl/α,β-unsaturated/α-hetero) is 1. The van der Waals surface area contributed by atoms with Crippen LogP contribution in [0.2, 0.25) is 0 Å². The van der Waals surface area contributed by atoms with E-state index in [1.807, 2.05) is 12.7 Å². The smallest absolute Gasteiger partial charge is 0.148 e. The number of unbranched alkanes of at least 4 members (excludes halogenated alkanes) is 2. The molecule has 5 heteroatoms. The molecule has 2 radical (unpaired) electrons. The van der Waals surface area contributed by atoms with E-state index in [2.05, 4.69) is 80.2 Å². The third kappa shape index (κ3) is 9.94. The van der Waals surface area contributed by atoms with Crippen molar-refractivity contribution in [1.82, 2.24) is 0 Å². The fourth-order valence-corrected chi connectivity index (χ4v) is 5.81. The van der Waals surface area contributed by atoms with Gasteiger partial charge in [-0.2, -0.15) is 0 Å². The monoisotopic (exact) mass is 502 g/mol. The summed E-state index contributed by atoms with van der Waals surface area (Å²) in [4.78, 5) is 13.1. The molecule has 0 aliphatic carbocycles. The summed E-state index contributed by atoms with van der Waals surface area (Å²) in [7, 11) is 5.12. The molecule has 3 nitrogen and oxygen atoms in total. The summed E-state index contributed by atoms with van der Waals surface area (Å²) in [5, 5.41) is 0. The van der Waals surface area contributed by atoms with Gasteiger partial charge in [-0.1, -0.05) is 71.4 Å². The molecule has 0 spiro atoms. The molecule has 0 N–H and O–H groups in total. The largest absolute Gasteiger partial charge is 0.370 e. The number of ketones is 1. The molecular weight excluding hydrogens is 450 g/mol. The number of hydrogen-bond acceptors (Lipinski definition) is 3. The number of carbonyl (C=O) groups excluding carboxylic acids is 1. The van der Waals surface area contributed by atoms with Crippen LogP contribution in [-0.4, -0.2) is 37.8 Å². The number of carbonyl (C=O) groups is 1. The molecule has 1 unspecified atom stereocenters. The molecule has 1 rings (SSSR count). The minimum absolute atomic E-state index is 0.0271. The predicted molar refractivity (Wildman–Crippen MR) is 154 cm³/mol. The third-order valence-corrected chi connectivity index (χ3v) is 8.22. The lowest BCUT2D eigenvalue weighted by atomic mass is 9.62. The first-order chi connectivity index (χ1) is 16.3. The van der Waals surface area contributed by atoms with Gasteiger partial charge in [0.05, 0.1) is 17.8 Å². The summed E-state index contributed by atoms with van der Waals surface area (Å²) in [5.41, 5.74) is 0.571. The van der Waals surface area contributed by atoms with Crippen LogP contribution < -0.4 is 0 Å². The van der Waals surface area contributed by atoms with E-state index in [-0.39, 0.29) is 23.5 Å². The van der Waals surface area contributed by atoms with Gasteiger partial charge in [0.1, 0.15) is 13.3 Å². The first kappa shape index (κ1) is 32.3. The Morgan fingerprint density at radius 2 is 1.97 bits per heavy atom. The Morgan fingerprint density at radius 3 is 2.49 bits per heavy atom. The van der Waals surface area contributed by atoms with Crippen LogP contribution in [0.3, 0.4) is 0 Å². The van der Waals surface area contributed by atoms with E-state index in [0.29, 0.717) is 30.5 Å². The van der Waals surface area contributed by atoms with E-state index in [4.69, 9.17) is 16.8 Å². The minimum atomic E-state index is -0.935. The quantitative estimate of drug-likeness (QED) is 0.0974. The summed E-state index contributed by atoms with van der Waals surface area (Å²) in [6, 6.07) is 0. The van der Waals surface area contributed by atoms with E-state index in [9.17, 15) is 4.79 Å². The lowest BCUT2D eigenvalue weighted by Gasteiger charge is -2.54. The molecule has 1 aliphatic rings. The van der Waals surface area contributed by atoms with Crippen molar-refractivity contribution < 1.29 is 14.1 Å². The zero-order chi connectivity index (χ0) is 26.8. The van der Waals surface area contributed by atoms with Crippen molar-refractivity contribution in [2.45, 2.75) is 118 Å². The second kappa shape index (κ2) is 14.9. The maximum absolute atomic E-state index is 13.1.